The van der Waals surface area contributed by atoms with E-state index in [-0.39, 0.29) is 27.8 Å². The zero-order valence-corrected chi connectivity index (χ0v) is 16.1. The standard InChI is InChI=1S/C19H22N3O4S/c1-13-7-8-16-14(11-13)15-12-20(2)10-9-17(15)21(16)27(25,26)19-6-4-3-5-18(19)22(23)24/h3-8,11,15,17,23H,9-10,12H2,1-2H3/q-1/t15-,17-/m0/s1. The van der Waals surface area contributed by atoms with Crippen molar-refractivity contribution in [2.75, 3.05) is 29.7 Å². The van der Waals surface area contributed by atoms with Crippen molar-refractivity contribution in [3.05, 3.63) is 58.8 Å². The van der Waals surface area contributed by atoms with Crippen molar-refractivity contribution >= 4 is 21.4 Å². The number of para-hydroxylation sites is 1. The number of piperidine rings is 1. The van der Waals surface area contributed by atoms with Crippen molar-refractivity contribution in [3.8, 4) is 0 Å². The van der Waals surface area contributed by atoms with Gasteiger partial charge in [-0.3, -0.25) is 9.51 Å². The van der Waals surface area contributed by atoms with Crippen LogP contribution in [0.2, 0.25) is 0 Å². The van der Waals surface area contributed by atoms with Crippen LogP contribution in [-0.2, 0) is 10.0 Å². The number of nitrogens with zero attached hydrogens (tertiary/aromatic N) is 3. The number of hydrogen-bond acceptors (Lipinski definition) is 6. The fourth-order valence-electron chi connectivity index (χ4n) is 4.29. The third kappa shape index (κ3) is 2.89. The van der Waals surface area contributed by atoms with Crippen LogP contribution in [-0.4, -0.2) is 44.7 Å². The number of benzene rings is 2. The van der Waals surface area contributed by atoms with Crippen molar-refractivity contribution in [3.63, 3.8) is 0 Å². The van der Waals surface area contributed by atoms with E-state index in [1.165, 1.54) is 22.5 Å². The molecular formula is C19H22N3O4S-. The summed E-state index contributed by atoms with van der Waals surface area (Å²) in [7, 11) is -1.97. The average molecular weight is 388 g/mol. The lowest BCUT2D eigenvalue weighted by Crippen LogP contribution is -2.47. The number of sulfonamides is 1. The first-order chi connectivity index (χ1) is 12.8. The third-order valence-electron chi connectivity index (χ3n) is 5.51. The minimum Gasteiger partial charge on any atom is -0.733 e. The van der Waals surface area contributed by atoms with Gasteiger partial charge in [0.25, 0.3) is 10.0 Å². The highest BCUT2D eigenvalue weighted by Gasteiger charge is 2.47. The van der Waals surface area contributed by atoms with Crippen LogP contribution in [0.3, 0.4) is 0 Å². The zero-order chi connectivity index (χ0) is 19.3. The van der Waals surface area contributed by atoms with E-state index in [4.69, 9.17) is 0 Å². The summed E-state index contributed by atoms with van der Waals surface area (Å²) in [5, 5.41) is 20.5. The van der Waals surface area contributed by atoms with Gasteiger partial charge in [-0.1, -0.05) is 29.8 Å². The van der Waals surface area contributed by atoms with Crippen LogP contribution in [0.15, 0.2) is 47.4 Å². The lowest BCUT2D eigenvalue weighted by atomic mass is 9.89. The molecule has 0 aromatic heterocycles. The van der Waals surface area contributed by atoms with Gasteiger partial charge in [0.2, 0.25) is 0 Å². The molecule has 4 rings (SSSR count). The van der Waals surface area contributed by atoms with Crippen molar-refractivity contribution < 1.29 is 13.6 Å². The fraction of sp³-hybridized carbons (Fsp3) is 0.368. The number of hydrogen-bond donors (Lipinski definition) is 1. The summed E-state index contributed by atoms with van der Waals surface area (Å²) in [6.45, 7) is 3.58. The van der Waals surface area contributed by atoms with Gasteiger partial charge in [-0.15, -0.1) is 0 Å². The summed E-state index contributed by atoms with van der Waals surface area (Å²) in [6.07, 6.45) is 0.705. The minimum absolute atomic E-state index is 0.0815. The number of aryl methyl sites for hydroxylation is 1. The maximum Gasteiger partial charge on any atom is 0.266 e. The Morgan fingerprint density at radius 1 is 1.22 bits per heavy atom. The first-order valence-electron chi connectivity index (χ1n) is 8.89. The number of rotatable bonds is 3. The molecule has 0 saturated carbocycles. The van der Waals surface area contributed by atoms with Crippen LogP contribution in [0, 0.1) is 12.1 Å². The van der Waals surface area contributed by atoms with E-state index in [0.29, 0.717) is 12.1 Å². The molecule has 7 nitrogen and oxygen atoms in total. The molecule has 0 radical (unpaired) electrons. The predicted molar refractivity (Wildman–Crippen MR) is 104 cm³/mol. The Bertz CT molecular complexity index is 977. The van der Waals surface area contributed by atoms with Gasteiger partial charge < -0.3 is 15.3 Å². The quantitative estimate of drug-likeness (QED) is 0.814. The second-order valence-electron chi connectivity index (χ2n) is 7.33. The van der Waals surface area contributed by atoms with E-state index in [2.05, 4.69) is 11.0 Å². The topological polar surface area (TPSA) is 87.2 Å². The highest BCUT2D eigenvalue weighted by molar-refractivity contribution is 7.93. The lowest BCUT2D eigenvalue weighted by molar-refractivity contribution is 0.237. The molecule has 2 aromatic rings. The van der Waals surface area contributed by atoms with E-state index >= 15 is 0 Å². The summed E-state index contributed by atoms with van der Waals surface area (Å²) >= 11 is 0. The van der Waals surface area contributed by atoms with Crippen molar-refractivity contribution in [1.82, 2.24) is 4.90 Å². The van der Waals surface area contributed by atoms with Crippen LogP contribution in [0.5, 0.6) is 0 Å². The molecule has 0 amide bonds. The number of anilines is 2. The SMILES string of the molecule is Cc1ccc2c(c1)[C@@H]1CN(C)CC[C@@H]1N2S(=O)(=O)c1ccccc1N([O-])O. The van der Waals surface area contributed by atoms with E-state index in [9.17, 15) is 18.8 Å². The molecule has 8 heteroatoms. The first kappa shape index (κ1) is 18.2. The zero-order valence-electron chi connectivity index (χ0n) is 15.2. The highest BCUT2D eigenvalue weighted by Crippen LogP contribution is 2.48. The fourth-order valence-corrected chi connectivity index (χ4v) is 6.19. The second-order valence-corrected chi connectivity index (χ2v) is 9.11. The van der Waals surface area contributed by atoms with Crippen LogP contribution in [0.4, 0.5) is 11.4 Å². The highest BCUT2D eigenvalue weighted by atomic mass is 32.2. The van der Waals surface area contributed by atoms with E-state index in [1.807, 2.05) is 26.1 Å². The number of likely N-dealkylation sites (N-methyl/N-ethyl adjacent to an activating group) is 1. The minimum atomic E-state index is -4.02. The van der Waals surface area contributed by atoms with Crippen LogP contribution in [0.1, 0.15) is 23.5 Å². The summed E-state index contributed by atoms with van der Waals surface area (Å²) < 4.78 is 28.6. The van der Waals surface area contributed by atoms with Crippen molar-refractivity contribution in [2.24, 2.45) is 0 Å². The average Bonchev–Trinajstić information content (AvgIpc) is 2.95. The molecule has 0 unspecified atom stereocenters. The normalized spacial score (nSPS) is 22.4. The molecule has 0 bridgehead atoms. The van der Waals surface area contributed by atoms with E-state index in [0.717, 1.165) is 24.2 Å². The van der Waals surface area contributed by atoms with Gasteiger partial charge in [0.15, 0.2) is 0 Å². The molecule has 1 saturated heterocycles. The summed E-state index contributed by atoms with van der Waals surface area (Å²) in [5.41, 5.74) is 2.50. The largest absolute Gasteiger partial charge is 0.733 e. The molecule has 2 aliphatic rings. The van der Waals surface area contributed by atoms with Gasteiger partial charge in [-0.25, -0.2) is 8.42 Å². The van der Waals surface area contributed by atoms with Crippen LogP contribution < -0.4 is 9.53 Å². The smallest absolute Gasteiger partial charge is 0.266 e. The number of fused-ring (bicyclic) bond motifs is 3. The Balaban J connectivity index is 1.88. The monoisotopic (exact) mass is 388 g/mol. The molecule has 2 heterocycles. The van der Waals surface area contributed by atoms with Crippen molar-refractivity contribution in [1.29, 1.82) is 0 Å². The molecule has 0 aliphatic carbocycles. The molecule has 0 spiro atoms. The molecule has 144 valence electrons. The molecule has 2 aliphatic heterocycles. The maximum atomic E-state index is 13.6. The summed E-state index contributed by atoms with van der Waals surface area (Å²) in [6, 6.07) is 11.3. The molecule has 27 heavy (non-hydrogen) atoms. The molecule has 1 N–H and O–H groups in total. The maximum absolute atomic E-state index is 13.6. The van der Waals surface area contributed by atoms with Crippen molar-refractivity contribution in [2.45, 2.75) is 30.2 Å². The summed E-state index contributed by atoms with van der Waals surface area (Å²) in [4.78, 5) is 2.03. The van der Waals surface area contributed by atoms with Gasteiger partial charge in [0, 0.05) is 12.5 Å². The Kier molecular flexibility index (Phi) is 4.38. The van der Waals surface area contributed by atoms with E-state index < -0.39 is 10.0 Å². The Morgan fingerprint density at radius 3 is 2.70 bits per heavy atom. The second kappa shape index (κ2) is 6.49. The van der Waals surface area contributed by atoms with Crippen LogP contribution in [0.25, 0.3) is 0 Å². The Labute approximate surface area is 159 Å². The van der Waals surface area contributed by atoms with Gasteiger partial charge in [-0.05, 0) is 50.7 Å². The molecule has 1 fully saturated rings. The predicted octanol–water partition coefficient (Wildman–Crippen LogP) is 2.69. The molecule has 2 atom stereocenters. The first-order valence-corrected chi connectivity index (χ1v) is 10.3. The van der Waals surface area contributed by atoms with Gasteiger partial charge in [-0.2, -0.15) is 0 Å². The van der Waals surface area contributed by atoms with Gasteiger partial charge in [0.1, 0.15) is 4.90 Å². The van der Waals surface area contributed by atoms with E-state index in [1.54, 1.807) is 6.07 Å². The van der Waals surface area contributed by atoms with Gasteiger partial charge >= 0.3 is 0 Å². The number of likely N-dealkylation sites (tertiary alicyclic amines) is 1. The third-order valence-corrected chi connectivity index (χ3v) is 7.40. The van der Waals surface area contributed by atoms with Gasteiger partial charge in [0.05, 0.1) is 17.4 Å². The lowest BCUT2D eigenvalue weighted by Gasteiger charge is -2.37. The van der Waals surface area contributed by atoms with Crippen LogP contribution >= 0.6 is 0 Å². The molecule has 2 aromatic carbocycles. The summed E-state index contributed by atoms with van der Waals surface area (Å²) in [5.74, 6) is 0.0815. The Hall–Kier alpha value is -2.13. The molecular weight excluding hydrogens is 366 g/mol. The Morgan fingerprint density at radius 2 is 1.96 bits per heavy atom.